The Morgan fingerprint density at radius 1 is 0.811 bits per heavy atom. The smallest absolute Gasteiger partial charge is 0.251 e. The van der Waals surface area contributed by atoms with E-state index in [9.17, 15) is 22.8 Å². The first kappa shape index (κ1) is 26.8. The summed E-state index contributed by atoms with van der Waals surface area (Å²) in [6.45, 7) is 1.90. The molecular formula is C27H34N4O5S. The van der Waals surface area contributed by atoms with Gasteiger partial charge in [0.2, 0.25) is 21.8 Å². The zero-order valence-electron chi connectivity index (χ0n) is 21.0. The first-order valence-corrected chi connectivity index (χ1v) is 14.2. The summed E-state index contributed by atoms with van der Waals surface area (Å²) in [5.74, 6) is -0.729. The van der Waals surface area contributed by atoms with Gasteiger partial charge in [-0.2, -0.15) is 4.31 Å². The molecule has 1 heterocycles. The van der Waals surface area contributed by atoms with Crippen molar-refractivity contribution in [1.29, 1.82) is 0 Å². The Morgan fingerprint density at radius 3 is 2.00 bits per heavy atom. The van der Waals surface area contributed by atoms with Gasteiger partial charge in [0.15, 0.2) is 0 Å². The van der Waals surface area contributed by atoms with E-state index in [1.807, 2.05) is 18.2 Å². The van der Waals surface area contributed by atoms with Crippen molar-refractivity contribution in [3.8, 4) is 0 Å². The van der Waals surface area contributed by atoms with Crippen LogP contribution in [0.3, 0.4) is 0 Å². The zero-order chi connectivity index (χ0) is 26.4. The van der Waals surface area contributed by atoms with E-state index in [1.54, 1.807) is 24.3 Å². The maximum Gasteiger partial charge on any atom is 0.251 e. The normalized spacial score (nSPS) is 21.1. The number of amides is 3. The molecule has 198 valence electrons. The number of nitrogens with one attached hydrogen (secondary N) is 3. The van der Waals surface area contributed by atoms with Crippen LogP contribution in [0.2, 0.25) is 0 Å². The van der Waals surface area contributed by atoms with Gasteiger partial charge in [0, 0.05) is 49.3 Å². The minimum absolute atomic E-state index is 0.0810. The Kier molecular flexibility index (Phi) is 8.60. The molecular weight excluding hydrogens is 492 g/mol. The number of carbonyl (C=O) groups excluding carboxylic acids is 3. The number of rotatable bonds is 7. The molecule has 2 fully saturated rings. The number of anilines is 1. The average molecular weight is 527 g/mol. The van der Waals surface area contributed by atoms with E-state index in [0.717, 1.165) is 25.7 Å². The topological polar surface area (TPSA) is 125 Å². The molecule has 2 atom stereocenters. The molecule has 0 spiro atoms. The van der Waals surface area contributed by atoms with Gasteiger partial charge in [-0.25, -0.2) is 8.42 Å². The van der Waals surface area contributed by atoms with Crippen LogP contribution in [0.25, 0.3) is 0 Å². The van der Waals surface area contributed by atoms with Crippen LogP contribution >= 0.6 is 0 Å². The van der Waals surface area contributed by atoms with Gasteiger partial charge < -0.3 is 16.0 Å². The lowest BCUT2D eigenvalue weighted by Gasteiger charge is -2.35. The summed E-state index contributed by atoms with van der Waals surface area (Å²) in [4.78, 5) is 37.1. The first-order chi connectivity index (χ1) is 17.7. The first-order valence-electron chi connectivity index (χ1n) is 12.8. The summed E-state index contributed by atoms with van der Waals surface area (Å²) < 4.78 is 27.6. The molecule has 9 nitrogen and oxygen atoms in total. The zero-order valence-corrected chi connectivity index (χ0v) is 21.8. The number of hydrogen-bond acceptors (Lipinski definition) is 5. The molecule has 0 radical (unpaired) electrons. The minimum atomic E-state index is -3.69. The van der Waals surface area contributed by atoms with E-state index in [4.69, 9.17) is 0 Å². The highest BCUT2D eigenvalue weighted by atomic mass is 32.2. The summed E-state index contributed by atoms with van der Waals surface area (Å²) in [5, 5.41) is 8.86. The van der Waals surface area contributed by atoms with Crippen LogP contribution in [-0.4, -0.2) is 55.6 Å². The molecule has 10 heteroatoms. The third-order valence-corrected chi connectivity index (χ3v) is 9.00. The SMILES string of the molecule is CC(=O)Nc1ccc(S(=O)(=O)N2CCC(C(=O)NC3CCCC[C@H]3NC(=O)c3ccccc3)CC2)cc1. The van der Waals surface area contributed by atoms with Gasteiger partial charge >= 0.3 is 0 Å². The average Bonchev–Trinajstić information content (AvgIpc) is 2.90. The fraction of sp³-hybridized carbons (Fsp3) is 0.444. The fourth-order valence-corrected chi connectivity index (χ4v) is 6.51. The van der Waals surface area contributed by atoms with Crippen LogP contribution in [-0.2, 0) is 19.6 Å². The molecule has 3 amide bonds. The Hall–Kier alpha value is -3.24. The Labute approximate surface area is 218 Å². The predicted molar refractivity (Wildman–Crippen MR) is 140 cm³/mol. The Bertz CT molecular complexity index is 1210. The van der Waals surface area contributed by atoms with Gasteiger partial charge in [-0.1, -0.05) is 31.0 Å². The third kappa shape index (κ3) is 6.75. The highest BCUT2D eigenvalue weighted by molar-refractivity contribution is 7.89. The van der Waals surface area contributed by atoms with Crippen LogP contribution in [0.4, 0.5) is 5.69 Å². The van der Waals surface area contributed by atoms with Crippen LogP contribution < -0.4 is 16.0 Å². The number of nitrogens with zero attached hydrogens (tertiary/aromatic N) is 1. The largest absolute Gasteiger partial charge is 0.351 e. The Balaban J connectivity index is 1.31. The van der Waals surface area contributed by atoms with Gasteiger partial charge in [-0.15, -0.1) is 0 Å². The molecule has 1 aliphatic carbocycles. The maximum absolute atomic E-state index is 13.1. The quantitative estimate of drug-likeness (QED) is 0.512. The van der Waals surface area contributed by atoms with Gasteiger partial charge in [0.1, 0.15) is 0 Å². The summed E-state index contributed by atoms with van der Waals surface area (Å²) in [6.07, 6.45) is 4.45. The highest BCUT2D eigenvalue weighted by Crippen LogP contribution is 2.26. The van der Waals surface area contributed by atoms with Crippen molar-refractivity contribution in [1.82, 2.24) is 14.9 Å². The van der Waals surface area contributed by atoms with Gasteiger partial charge in [-0.3, -0.25) is 14.4 Å². The predicted octanol–water partition coefficient (Wildman–Crippen LogP) is 2.90. The van der Waals surface area contributed by atoms with E-state index in [2.05, 4.69) is 16.0 Å². The van der Waals surface area contributed by atoms with Crippen molar-refractivity contribution >= 4 is 33.4 Å². The summed E-state index contributed by atoms with van der Waals surface area (Å²) in [7, 11) is -3.69. The Morgan fingerprint density at radius 2 is 1.41 bits per heavy atom. The van der Waals surface area contributed by atoms with Crippen molar-refractivity contribution < 1.29 is 22.8 Å². The van der Waals surface area contributed by atoms with Crippen LogP contribution in [0.15, 0.2) is 59.5 Å². The standard InChI is InChI=1S/C27H34N4O5S/c1-19(32)28-22-11-13-23(14-12-22)37(35,36)31-17-15-21(16-18-31)27(34)30-25-10-6-5-9-24(25)29-26(33)20-7-3-2-4-8-20/h2-4,7-8,11-14,21,24-25H,5-6,9-10,15-18H2,1H3,(H,28,32)(H,29,33)(H,30,34)/t24-,25?/m1/s1. The van der Waals surface area contributed by atoms with E-state index in [0.29, 0.717) is 24.1 Å². The second kappa shape index (κ2) is 11.9. The molecule has 2 aromatic rings. The van der Waals surface area contributed by atoms with E-state index in [1.165, 1.54) is 23.4 Å². The monoisotopic (exact) mass is 526 g/mol. The maximum atomic E-state index is 13.1. The molecule has 0 aromatic heterocycles. The molecule has 2 aromatic carbocycles. The molecule has 1 saturated carbocycles. The number of hydrogen-bond donors (Lipinski definition) is 3. The van der Waals surface area contributed by atoms with E-state index in [-0.39, 0.29) is 53.7 Å². The van der Waals surface area contributed by atoms with E-state index < -0.39 is 10.0 Å². The van der Waals surface area contributed by atoms with Crippen molar-refractivity contribution in [2.75, 3.05) is 18.4 Å². The van der Waals surface area contributed by atoms with Crippen molar-refractivity contribution in [2.45, 2.75) is 62.4 Å². The van der Waals surface area contributed by atoms with Gasteiger partial charge in [0.25, 0.3) is 5.91 Å². The molecule has 37 heavy (non-hydrogen) atoms. The molecule has 1 saturated heterocycles. The second-order valence-corrected chi connectivity index (χ2v) is 11.7. The minimum Gasteiger partial charge on any atom is -0.351 e. The number of piperidine rings is 1. The fourth-order valence-electron chi connectivity index (χ4n) is 5.04. The van der Waals surface area contributed by atoms with Crippen molar-refractivity contribution in [3.63, 3.8) is 0 Å². The van der Waals surface area contributed by atoms with Crippen LogP contribution in [0, 0.1) is 5.92 Å². The van der Waals surface area contributed by atoms with Gasteiger partial charge in [-0.05, 0) is 62.1 Å². The number of carbonyl (C=O) groups is 3. The molecule has 1 unspecified atom stereocenters. The molecule has 1 aliphatic heterocycles. The molecule has 0 bridgehead atoms. The third-order valence-electron chi connectivity index (χ3n) is 7.08. The van der Waals surface area contributed by atoms with Crippen LogP contribution in [0.5, 0.6) is 0 Å². The van der Waals surface area contributed by atoms with Crippen molar-refractivity contribution in [2.24, 2.45) is 5.92 Å². The number of sulfonamides is 1. The lowest BCUT2D eigenvalue weighted by Crippen LogP contribution is -2.55. The molecule has 4 rings (SSSR count). The highest BCUT2D eigenvalue weighted by Gasteiger charge is 2.34. The van der Waals surface area contributed by atoms with E-state index >= 15 is 0 Å². The van der Waals surface area contributed by atoms with Gasteiger partial charge in [0.05, 0.1) is 4.90 Å². The van der Waals surface area contributed by atoms with Crippen molar-refractivity contribution in [3.05, 3.63) is 60.2 Å². The number of benzene rings is 2. The second-order valence-electron chi connectivity index (χ2n) is 9.73. The summed E-state index contributed by atoms with van der Waals surface area (Å²) in [5.41, 5.74) is 1.12. The summed E-state index contributed by atoms with van der Waals surface area (Å²) in [6, 6.07) is 14.8. The summed E-state index contributed by atoms with van der Waals surface area (Å²) >= 11 is 0. The lowest BCUT2D eigenvalue weighted by atomic mass is 9.88. The van der Waals surface area contributed by atoms with Crippen LogP contribution in [0.1, 0.15) is 55.8 Å². The lowest BCUT2D eigenvalue weighted by molar-refractivity contribution is -0.127. The molecule has 3 N–H and O–H groups in total. The molecule has 2 aliphatic rings.